The Morgan fingerprint density at radius 3 is 2.83 bits per heavy atom. The van der Waals surface area contributed by atoms with E-state index in [1.54, 1.807) is 6.07 Å². The Hall–Kier alpha value is -1.55. The molecule has 0 unspecified atom stereocenters. The number of nitrogens with two attached hydrogens (primary N) is 1. The summed E-state index contributed by atoms with van der Waals surface area (Å²) >= 11 is 0. The van der Waals surface area contributed by atoms with Gasteiger partial charge in [0.05, 0.1) is 5.56 Å². The Bertz CT molecular complexity index is 406. The molecule has 0 saturated carbocycles. The number of rotatable bonds is 3. The maximum Gasteiger partial charge on any atom is 0.253 e. The van der Waals surface area contributed by atoms with Crippen LogP contribution >= 0.6 is 0 Å². The first-order valence-electron chi connectivity index (χ1n) is 6.39. The highest BCUT2D eigenvalue weighted by atomic mass is 16.5. The molecule has 1 aliphatic heterocycles. The van der Waals surface area contributed by atoms with Crippen molar-refractivity contribution in [3.63, 3.8) is 0 Å². The molecule has 1 aromatic carbocycles. The third kappa shape index (κ3) is 3.01. The highest BCUT2D eigenvalue weighted by molar-refractivity contribution is 6.00. The zero-order valence-corrected chi connectivity index (χ0v) is 10.7. The molecule has 0 spiro atoms. The van der Waals surface area contributed by atoms with E-state index in [9.17, 15) is 4.79 Å². The largest absolute Gasteiger partial charge is 0.398 e. The molecular formula is C14H20N2O2. The van der Waals surface area contributed by atoms with Crippen LogP contribution in [0, 0.1) is 12.8 Å². The van der Waals surface area contributed by atoms with Crippen molar-refractivity contribution in [2.75, 3.05) is 25.5 Å². The molecule has 1 amide bonds. The highest BCUT2D eigenvalue weighted by Gasteiger charge is 2.17. The zero-order chi connectivity index (χ0) is 13.0. The van der Waals surface area contributed by atoms with Gasteiger partial charge in [-0.3, -0.25) is 4.79 Å². The zero-order valence-electron chi connectivity index (χ0n) is 10.7. The highest BCUT2D eigenvalue weighted by Crippen LogP contribution is 2.17. The average Bonchev–Trinajstić information content (AvgIpc) is 2.37. The molecule has 4 heteroatoms. The van der Waals surface area contributed by atoms with E-state index in [-0.39, 0.29) is 5.91 Å². The first kappa shape index (κ1) is 12.9. The number of hydrogen-bond donors (Lipinski definition) is 2. The lowest BCUT2D eigenvalue weighted by Crippen LogP contribution is -2.32. The molecule has 1 aromatic rings. The molecule has 2 rings (SSSR count). The minimum absolute atomic E-state index is 0.0721. The molecule has 0 aliphatic carbocycles. The van der Waals surface area contributed by atoms with E-state index in [4.69, 9.17) is 10.5 Å². The quantitative estimate of drug-likeness (QED) is 0.801. The molecular weight excluding hydrogens is 228 g/mol. The number of amides is 1. The van der Waals surface area contributed by atoms with Gasteiger partial charge in [-0.15, -0.1) is 0 Å². The van der Waals surface area contributed by atoms with Crippen molar-refractivity contribution in [1.82, 2.24) is 5.32 Å². The molecule has 1 heterocycles. The van der Waals surface area contributed by atoms with Crippen LogP contribution in [0.5, 0.6) is 0 Å². The number of ether oxygens (including phenoxy) is 1. The fourth-order valence-electron chi connectivity index (χ4n) is 2.28. The molecule has 1 aliphatic rings. The molecule has 0 bridgehead atoms. The van der Waals surface area contributed by atoms with E-state index in [1.165, 1.54) is 0 Å². The lowest BCUT2D eigenvalue weighted by Gasteiger charge is -2.22. The number of benzene rings is 1. The van der Waals surface area contributed by atoms with Gasteiger partial charge in [0.2, 0.25) is 0 Å². The summed E-state index contributed by atoms with van der Waals surface area (Å²) in [6, 6.07) is 5.52. The normalized spacial score (nSPS) is 16.5. The Kier molecular flexibility index (Phi) is 4.20. The molecule has 0 aromatic heterocycles. The van der Waals surface area contributed by atoms with Crippen LogP contribution in [0.4, 0.5) is 5.69 Å². The van der Waals surface area contributed by atoms with E-state index in [0.29, 0.717) is 23.7 Å². The Labute approximate surface area is 108 Å². The second-order valence-corrected chi connectivity index (χ2v) is 4.80. The fraction of sp³-hybridized carbons (Fsp3) is 0.500. The summed E-state index contributed by atoms with van der Waals surface area (Å²) in [5.41, 5.74) is 7.91. The number of nitrogen functional groups attached to an aromatic ring is 1. The van der Waals surface area contributed by atoms with Crippen LogP contribution in [0.3, 0.4) is 0 Å². The van der Waals surface area contributed by atoms with Crippen LogP contribution in [0.1, 0.15) is 28.8 Å². The van der Waals surface area contributed by atoms with Crippen molar-refractivity contribution in [1.29, 1.82) is 0 Å². The Morgan fingerprint density at radius 1 is 1.44 bits per heavy atom. The van der Waals surface area contributed by atoms with Gasteiger partial charge in [0.25, 0.3) is 5.91 Å². The van der Waals surface area contributed by atoms with Crippen LogP contribution in [0.25, 0.3) is 0 Å². The maximum atomic E-state index is 12.1. The van der Waals surface area contributed by atoms with E-state index >= 15 is 0 Å². The molecule has 98 valence electrons. The maximum absolute atomic E-state index is 12.1. The standard InChI is InChI=1S/C14H20N2O2/c1-10-3-2-4-12(15)13(10)14(17)16-9-11-5-7-18-8-6-11/h2-4,11H,5-9,15H2,1H3,(H,16,17). The summed E-state index contributed by atoms with van der Waals surface area (Å²) in [5, 5.41) is 2.98. The van der Waals surface area contributed by atoms with E-state index in [2.05, 4.69) is 5.32 Å². The summed E-state index contributed by atoms with van der Waals surface area (Å²) in [7, 11) is 0. The number of aryl methyl sites for hydroxylation is 1. The first-order chi connectivity index (χ1) is 8.68. The van der Waals surface area contributed by atoms with Crippen LogP contribution in [-0.2, 0) is 4.74 Å². The van der Waals surface area contributed by atoms with Gasteiger partial charge in [-0.05, 0) is 37.3 Å². The Morgan fingerprint density at radius 2 is 2.17 bits per heavy atom. The van der Waals surface area contributed by atoms with Crippen LogP contribution in [0.15, 0.2) is 18.2 Å². The van der Waals surface area contributed by atoms with Gasteiger partial charge < -0.3 is 15.8 Å². The number of anilines is 1. The monoisotopic (exact) mass is 248 g/mol. The van der Waals surface area contributed by atoms with E-state index < -0.39 is 0 Å². The van der Waals surface area contributed by atoms with Gasteiger partial charge in [-0.2, -0.15) is 0 Å². The summed E-state index contributed by atoms with van der Waals surface area (Å²) in [6.07, 6.45) is 2.03. The van der Waals surface area contributed by atoms with E-state index in [1.807, 2.05) is 19.1 Å². The van der Waals surface area contributed by atoms with Gasteiger partial charge in [0.1, 0.15) is 0 Å². The number of hydrogen-bond acceptors (Lipinski definition) is 3. The lowest BCUT2D eigenvalue weighted by molar-refractivity contribution is 0.0642. The van der Waals surface area contributed by atoms with Gasteiger partial charge in [-0.1, -0.05) is 12.1 Å². The Balaban J connectivity index is 1.95. The molecule has 18 heavy (non-hydrogen) atoms. The molecule has 1 fully saturated rings. The minimum Gasteiger partial charge on any atom is -0.398 e. The predicted molar refractivity (Wildman–Crippen MR) is 71.5 cm³/mol. The van der Waals surface area contributed by atoms with Gasteiger partial charge in [0, 0.05) is 25.4 Å². The smallest absolute Gasteiger partial charge is 0.253 e. The number of nitrogens with one attached hydrogen (secondary N) is 1. The predicted octanol–water partition coefficient (Wildman–Crippen LogP) is 1.73. The van der Waals surface area contributed by atoms with Crippen LogP contribution in [0.2, 0.25) is 0 Å². The third-order valence-electron chi connectivity index (χ3n) is 3.42. The third-order valence-corrected chi connectivity index (χ3v) is 3.42. The van der Waals surface area contributed by atoms with Gasteiger partial charge >= 0.3 is 0 Å². The van der Waals surface area contributed by atoms with Crippen molar-refractivity contribution >= 4 is 11.6 Å². The second kappa shape index (κ2) is 5.87. The topological polar surface area (TPSA) is 64.4 Å². The van der Waals surface area contributed by atoms with Gasteiger partial charge in [-0.25, -0.2) is 0 Å². The summed E-state index contributed by atoms with van der Waals surface area (Å²) in [6.45, 7) is 4.20. The molecule has 1 saturated heterocycles. The second-order valence-electron chi connectivity index (χ2n) is 4.80. The average molecular weight is 248 g/mol. The lowest BCUT2D eigenvalue weighted by atomic mass is 10.00. The molecule has 0 atom stereocenters. The van der Waals surface area contributed by atoms with Crippen LogP contribution < -0.4 is 11.1 Å². The molecule has 0 radical (unpaired) electrons. The fourth-order valence-corrected chi connectivity index (χ4v) is 2.28. The molecule has 3 N–H and O–H groups in total. The van der Waals surface area contributed by atoms with Gasteiger partial charge in [0.15, 0.2) is 0 Å². The van der Waals surface area contributed by atoms with Crippen molar-refractivity contribution in [2.24, 2.45) is 5.92 Å². The summed E-state index contributed by atoms with van der Waals surface area (Å²) < 4.78 is 5.30. The number of carbonyl (C=O) groups is 1. The van der Waals surface area contributed by atoms with Crippen molar-refractivity contribution in [2.45, 2.75) is 19.8 Å². The van der Waals surface area contributed by atoms with Crippen molar-refractivity contribution < 1.29 is 9.53 Å². The van der Waals surface area contributed by atoms with E-state index in [0.717, 1.165) is 31.6 Å². The van der Waals surface area contributed by atoms with Crippen molar-refractivity contribution in [3.05, 3.63) is 29.3 Å². The minimum atomic E-state index is -0.0721. The summed E-state index contributed by atoms with van der Waals surface area (Å²) in [5.74, 6) is 0.449. The summed E-state index contributed by atoms with van der Waals surface area (Å²) in [4.78, 5) is 12.1. The SMILES string of the molecule is Cc1cccc(N)c1C(=O)NCC1CCOCC1. The van der Waals surface area contributed by atoms with Crippen molar-refractivity contribution in [3.8, 4) is 0 Å². The van der Waals surface area contributed by atoms with Crippen LogP contribution in [-0.4, -0.2) is 25.7 Å². The molecule has 4 nitrogen and oxygen atoms in total. The number of carbonyl (C=O) groups excluding carboxylic acids is 1. The first-order valence-corrected chi connectivity index (χ1v) is 6.39.